The Morgan fingerprint density at radius 3 is 2.09 bits per heavy atom. The molecule has 0 saturated carbocycles. The van der Waals surface area contributed by atoms with Crippen LogP contribution in [0.3, 0.4) is 0 Å². The predicted octanol–water partition coefficient (Wildman–Crippen LogP) is 2.31. The smallest absolute Gasteiger partial charge is 0.254 e. The number of hydrogen-bond acceptors (Lipinski definition) is 3. The third kappa shape index (κ3) is 3.94. The number of amides is 1. The number of halogens is 1. The van der Waals surface area contributed by atoms with Crippen LogP contribution in [0.5, 0.6) is 0 Å². The maximum atomic E-state index is 12.9. The minimum Gasteiger partial charge on any atom is -0.335 e. The van der Waals surface area contributed by atoms with Gasteiger partial charge in [0, 0.05) is 12.6 Å². The van der Waals surface area contributed by atoms with Gasteiger partial charge in [-0.05, 0) is 48.9 Å². The fourth-order valence-electron chi connectivity index (χ4n) is 2.13. The summed E-state index contributed by atoms with van der Waals surface area (Å²) >= 11 is 0. The molecule has 2 rings (SSSR count). The monoisotopic (exact) mass is 336 g/mol. The quantitative estimate of drug-likeness (QED) is 0.930. The van der Waals surface area contributed by atoms with Gasteiger partial charge in [0.15, 0.2) is 0 Å². The Morgan fingerprint density at radius 1 is 1.09 bits per heavy atom. The van der Waals surface area contributed by atoms with Crippen molar-refractivity contribution >= 4 is 15.9 Å². The van der Waals surface area contributed by atoms with Gasteiger partial charge in [0.05, 0.1) is 10.9 Å². The van der Waals surface area contributed by atoms with Crippen molar-refractivity contribution in [2.45, 2.75) is 17.9 Å². The second-order valence-electron chi connectivity index (χ2n) is 5.21. The summed E-state index contributed by atoms with van der Waals surface area (Å²) in [6.07, 6.45) is 0. The lowest BCUT2D eigenvalue weighted by molar-refractivity contribution is 0.0742. The third-order valence-corrected chi connectivity index (χ3v) is 4.61. The van der Waals surface area contributed by atoms with Crippen LogP contribution in [-0.4, -0.2) is 26.3 Å². The molecule has 7 heteroatoms. The number of nitrogens with zero attached hydrogens (tertiary/aromatic N) is 1. The summed E-state index contributed by atoms with van der Waals surface area (Å²) in [5, 5.41) is 5.06. The first kappa shape index (κ1) is 17.1. The third-order valence-electron chi connectivity index (χ3n) is 3.68. The van der Waals surface area contributed by atoms with Crippen molar-refractivity contribution < 1.29 is 17.6 Å². The van der Waals surface area contributed by atoms with Gasteiger partial charge in [-0.15, -0.1) is 0 Å². The van der Waals surface area contributed by atoms with E-state index in [0.717, 1.165) is 5.56 Å². The molecule has 0 bridgehead atoms. The topological polar surface area (TPSA) is 80.5 Å². The molecule has 0 saturated heterocycles. The molecule has 0 heterocycles. The first-order chi connectivity index (χ1) is 10.7. The van der Waals surface area contributed by atoms with Crippen molar-refractivity contribution in [2.75, 3.05) is 7.05 Å². The second-order valence-corrected chi connectivity index (χ2v) is 6.77. The maximum Gasteiger partial charge on any atom is 0.254 e. The molecule has 0 radical (unpaired) electrons. The van der Waals surface area contributed by atoms with Crippen LogP contribution in [0, 0.1) is 5.82 Å². The van der Waals surface area contributed by atoms with Crippen molar-refractivity contribution in [3.63, 3.8) is 0 Å². The van der Waals surface area contributed by atoms with Gasteiger partial charge in [0.1, 0.15) is 5.82 Å². The summed E-state index contributed by atoms with van der Waals surface area (Å²) in [6.45, 7) is 1.81. The van der Waals surface area contributed by atoms with Crippen LogP contribution in [0.25, 0.3) is 0 Å². The minimum absolute atomic E-state index is 0.0148. The van der Waals surface area contributed by atoms with E-state index in [2.05, 4.69) is 0 Å². The van der Waals surface area contributed by atoms with Crippen LogP contribution in [-0.2, 0) is 10.0 Å². The summed E-state index contributed by atoms with van der Waals surface area (Å²) < 4.78 is 35.4. The van der Waals surface area contributed by atoms with Gasteiger partial charge < -0.3 is 4.90 Å². The number of carbonyl (C=O) groups excluding carboxylic acids is 1. The van der Waals surface area contributed by atoms with Crippen molar-refractivity contribution in [1.29, 1.82) is 0 Å². The van der Waals surface area contributed by atoms with Gasteiger partial charge in [0.25, 0.3) is 5.91 Å². The van der Waals surface area contributed by atoms with Gasteiger partial charge in [-0.1, -0.05) is 12.1 Å². The summed E-state index contributed by atoms with van der Waals surface area (Å²) in [5.74, 6) is -0.663. The number of carbonyl (C=O) groups is 1. The fourth-order valence-corrected chi connectivity index (χ4v) is 2.65. The van der Waals surface area contributed by atoms with Crippen molar-refractivity contribution in [3.8, 4) is 0 Å². The molecule has 0 spiro atoms. The lowest BCUT2D eigenvalue weighted by atomic mass is 10.1. The van der Waals surface area contributed by atoms with E-state index in [-0.39, 0.29) is 16.8 Å². The Balaban J connectivity index is 2.20. The van der Waals surface area contributed by atoms with E-state index in [4.69, 9.17) is 5.14 Å². The summed E-state index contributed by atoms with van der Waals surface area (Å²) in [6, 6.07) is 11.0. The predicted molar refractivity (Wildman–Crippen MR) is 84.7 cm³/mol. The SMILES string of the molecule is C[C@@H](c1ccc(S(N)(=O)=O)cc1)N(C)C(=O)c1ccc(F)cc1. The van der Waals surface area contributed by atoms with E-state index in [1.165, 1.54) is 41.3 Å². The summed E-state index contributed by atoms with van der Waals surface area (Å²) in [7, 11) is -2.12. The Morgan fingerprint density at radius 2 is 1.61 bits per heavy atom. The van der Waals surface area contributed by atoms with Gasteiger partial charge in [-0.2, -0.15) is 0 Å². The first-order valence-electron chi connectivity index (χ1n) is 6.85. The second kappa shape index (κ2) is 6.47. The lowest BCUT2D eigenvalue weighted by Crippen LogP contribution is -2.29. The zero-order chi connectivity index (χ0) is 17.2. The molecule has 0 aromatic heterocycles. The Bertz CT molecular complexity index is 802. The van der Waals surface area contributed by atoms with E-state index in [1.54, 1.807) is 19.2 Å². The van der Waals surface area contributed by atoms with Crippen LogP contribution in [0.2, 0.25) is 0 Å². The van der Waals surface area contributed by atoms with Crippen LogP contribution < -0.4 is 5.14 Å². The van der Waals surface area contributed by atoms with Crippen LogP contribution in [0.15, 0.2) is 53.4 Å². The maximum absolute atomic E-state index is 12.9. The highest BCUT2D eigenvalue weighted by Crippen LogP contribution is 2.22. The van der Waals surface area contributed by atoms with Gasteiger partial charge in [0.2, 0.25) is 10.0 Å². The molecule has 1 amide bonds. The summed E-state index contributed by atoms with van der Waals surface area (Å²) in [4.78, 5) is 13.9. The highest BCUT2D eigenvalue weighted by atomic mass is 32.2. The molecular formula is C16H17FN2O3S. The molecule has 2 aromatic rings. The number of primary sulfonamides is 1. The zero-order valence-corrected chi connectivity index (χ0v) is 13.5. The first-order valence-corrected chi connectivity index (χ1v) is 8.40. The highest BCUT2D eigenvalue weighted by Gasteiger charge is 2.19. The molecular weight excluding hydrogens is 319 g/mol. The average Bonchev–Trinajstić information content (AvgIpc) is 2.53. The van der Waals surface area contributed by atoms with Gasteiger partial charge in [-0.25, -0.2) is 17.9 Å². The molecule has 0 unspecified atom stereocenters. The van der Waals surface area contributed by atoms with E-state index in [1.807, 2.05) is 6.92 Å². The molecule has 0 aliphatic heterocycles. The van der Waals surface area contributed by atoms with E-state index in [9.17, 15) is 17.6 Å². The number of sulfonamides is 1. The molecule has 0 aliphatic rings. The van der Waals surface area contributed by atoms with Crippen molar-refractivity contribution in [2.24, 2.45) is 5.14 Å². The van der Waals surface area contributed by atoms with E-state index < -0.39 is 15.8 Å². The van der Waals surface area contributed by atoms with Crippen LogP contribution in [0.1, 0.15) is 28.9 Å². The fraction of sp³-hybridized carbons (Fsp3) is 0.188. The molecule has 5 nitrogen and oxygen atoms in total. The van der Waals surface area contributed by atoms with Crippen molar-refractivity contribution in [1.82, 2.24) is 4.90 Å². The Labute approximate surface area is 134 Å². The average molecular weight is 336 g/mol. The van der Waals surface area contributed by atoms with E-state index >= 15 is 0 Å². The molecule has 23 heavy (non-hydrogen) atoms. The lowest BCUT2D eigenvalue weighted by Gasteiger charge is -2.25. The molecule has 0 aliphatic carbocycles. The number of nitrogens with two attached hydrogens (primary N) is 1. The van der Waals surface area contributed by atoms with Gasteiger partial charge >= 0.3 is 0 Å². The van der Waals surface area contributed by atoms with Crippen LogP contribution >= 0.6 is 0 Å². The highest BCUT2D eigenvalue weighted by molar-refractivity contribution is 7.89. The molecule has 122 valence electrons. The number of hydrogen-bond donors (Lipinski definition) is 1. The standard InChI is InChI=1S/C16H17FN2O3S/c1-11(12-5-9-15(10-6-12)23(18,21)22)19(2)16(20)13-3-7-14(17)8-4-13/h3-11H,1-2H3,(H2,18,21,22)/t11-/m0/s1. The van der Waals surface area contributed by atoms with Crippen molar-refractivity contribution in [3.05, 3.63) is 65.5 Å². The summed E-state index contributed by atoms with van der Waals surface area (Å²) in [5.41, 5.74) is 1.14. The zero-order valence-electron chi connectivity index (χ0n) is 12.7. The minimum atomic E-state index is -3.74. The number of benzene rings is 2. The van der Waals surface area contributed by atoms with Gasteiger partial charge in [-0.3, -0.25) is 4.79 Å². The molecule has 2 N–H and O–H groups in total. The Hall–Kier alpha value is -2.25. The largest absolute Gasteiger partial charge is 0.335 e. The molecule has 2 aromatic carbocycles. The van der Waals surface area contributed by atoms with E-state index in [0.29, 0.717) is 5.56 Å². The molecule has 1 atom stereocenters. The Kier molecular flexibility index (Phi) is 4.82. The number of rotatable bonds is 4. The molecule has 0 fully saturated rings. The normalized spacial score (nSPS) is 12.7. The van der Waals surface area contributed by atoms with Crippen LogP contribution in [0.4, 0.5) is 4.39 Å².